The predicted molar refractivity (Wildman–Crippen MR) is 104 cm³/mol. The Kier molecular flexibility index (Phi) is 4.38. The first-order valence-electron chi connectivity index (χ1n) is 9.22. The van der Waals surface area contributed by atoms with Crippen LogP contribution in [0.4, 0.5) is 0 Å². The Hall–Kier alpha value is -2.82. The Morgan fingerprint density at radius 3 is 2.44 bits per heavy atom. The first-order valence-corrected chi connectivity index (χ1v) is 9.22. The number of hydrazone groups is 1. The van der Waals surface area contributed by atoms with Gasteiger partial charge in [0, 0.05) is 37.9 Å². The molecule has 1 aliphatic heterocycles. The Morgan fingerprint density at radius 2 is 1.81 bits per heavy atom. The van der Waals surface area contributed by atoms with Crippen LogP contribution in [0.2, 0.25) is 0 Å². The number of hydrogen-bond donors (Lipinski definition) is 0. The second kappa shape index (κ2) is 6.72. The number of methoxy groups -OCH3 is 1. The highest BCUT2D eigenvalue weighted by atomic mass is 16.5. The molecular formula is C22H24N2O3. The van der Waals surface area contributed by atoms with Crippen LogP contribution < -0.4 is 9.47 Å². The molecule has 1 unspecified atom stereocenters. The summed E-state index contributed by atoms with van der Waals surface area (Å²) in [7, 11) is 3.32. The van der Waals surface area contributed by atoms with Gasteiger partial charge in [-0.05, 0) is 35.7 Å². The third-order valence-corrected chi connectivity index (χ3v) is 5.53. The molecular weight excluding hydrogens is 340 g/mol. The molecule has 0 aromatic heterocycles. The molecule has 4 rings (SSSR count). The molecule has 0 fully saturated rings. The summed E-state index contributed by atoms with van der Waals surface area (Å²) in [5.74, 6) is 1.42. The van der Waals surface area contributed by atoms with Gasteiger partial charge in [-0.1, -0.05) is 30.3 Å². The quantitative estimate of drug-likeness (QED) is 0.836. The molecule has 5 heteroatoms. The van der Waals surface area contributed by atoms with Crippen molar-refractivity contribution in [2.75, 3.05) is 14.2 Å². The van der Waals surface area contributed by atoms with Gasteiger partial charge in [-0.25, -0.2) is 5.01 Å². The molecule has 2 aromatic rings. The summed E-state index contributed by atoms with van der Waals surface area (Å²) < 4.78 is 11.9. The van der Waals surface area contributed by atoms with Crippen LogP contribution in [-0.4, -0.2) is 37.4 Å². The van der Waals surface area contributed by atoms with Crippen molar-refractivity contribution in [1.29, 1.82) is 0 Å². The second-order valence-electron chi connectivity index (χ2n) is 7.54. The number of nitrogens with zero attached hydrogens (tertiary/aromatic N) is 2. The minimum atomic E-state index is -0.445. The topological polar surface area (TPSA) is 51.1 Å². The Morgan fingerprint density at radius 1 is 1.11 bits per heavy atom. The largest absolute Gasteiger partial charge is 0.493 e. The molecule has 0 N–H and O–H groups in total. The van der Waals surface area contributed by atoms with Crippen molar-refractivity contribution < 1.29 is 14.3 Å². The lowest BCUT2D eigenvalue weighted by atomic mass is 9.79. The summed E-state index contributed by atoms with van der Waals surface area (Å²) in [5, 5.41) is 5.59. The molecule has 1 amide bonds. The number of amides is 1. The van der Waals surface area contributed by atoms with E-state index in [0.717, 1.165) is 24.2 Å². The fraction of sp³-hybridized carbons (Fsp3) is 0.364. The third-order valence-electron chi connectivity index (χ3n) is 5.53. The van der Waals surface area contributed by atoms with Crippen LogP contribution in [0.5, 0.6) is 11.5 Å². The molecule has 1 atom stereocenters. The van der Waals surface area contributed by atoms with Gasteiger partial charge < -0.3 is 9.47 Å². The molecule has 2 aliphatic rings. The highest BCUT2D eigenvalue weighted by Crippen LogP contribution is 2.37. The first-order chi connectivity index (χ1) is 13.0. The number of fused-ring (bicyclic) bond motifs is 1. The summed E-state index contributed by atoms with van der Waals surface area (Å²) in [6.45, 7) is 2.02. The Bertz CT molecular complexity index is 883. The molecule has 0 saturated carbocycles. The monoisotopic (exact) mass is 364 g/mol. The summed E-state index contributed by atoms with van der Waals surface area (Å²) in [4.78, 5) is 12.1. The number of hydrogen-bond acceptors (Lipinski definition) is 4. The van der Waals surface area contributed by atoms with Gasteiger partial charge >= 0.3 is 0 Å². The van der Waals surface area contributed by atoms with Crippen LogP contribution in [0.3, 0.4) is 0 Å². The van der Waals surface area contributed by atoms with Gasteiger partial charge in [0.1, 0.15) is 6.10 Å². The van der Waals surface area contributed by atoms with Gasteiger partial charge in [-0.3, -0.25) is 4.79 Å². The van der Waals surface area contributed by atoms with Crippen molar-refractivity contribution in [3.8, 4) is 11.5 Å². The fourth-order valence-electron chi connectivity index (χ4n) is 3.83. The summed E-state index contributed by atoms with van der Waals surface area (Å²) in [6, 6.07) is 14.4. The van der Waals surface area contributed by atoms with Crippen molar-refractivity contribution in [2.45, 2.75) is 37.7 Å². The van der Waals surface area contributed by atoms with Crippen LogP contribution in [0, 0.1) is 0 Å². The first kappa shape index (κ1) is 17.6. The summed E-state index contributed by atoms with van der Waals surface area (Å²) >= 11 is 0. The van der Waals surface area contributed by atoms with Crippen LogP contribution >= 0.6 is 0 Å². The molecule has 140 valence electrons. The van der Waals surface area contributed by atoms with E-state index in [1.54, 1.807) is 14.2 Å². The molecule has 0 radical (unpaired) electrons. The summed E-state index contributed by atoms with van der Waals surface area (Å²) in [5.41, 5.74) is 3.25. The van der Waals surface area contributed by atoms with Crippen LogP contribution in [0.15, 0.2) is 47.6 Å². The van der Waals surface area contributed by atoms with Gasteiger partial charge in [-0.15, -0.1) is 0 Å². The van der Waals surface area contributed by atoms with E-state index in [9.17, 15) is 4.79 Å². The van der Waals surface area contributed by atoms with Crippen LogP contribution in [-0.2, 0) is 23.1 Å². The normalized spacial score (nSPS) is 22.0. The number of benzene rings is 2. The van der Waals surface area contributed by atoms with Crippen molar-refractivity contribution in [3.05, 3.63) is 59.2 Å². The van der Waals surface area contributed by atoms with Gasteiger partial charge in [0.05, 0.1) is 7.11 Å². The van der Waals surface area contributed by atoms with E-state index in [2.05, 4.69) is 29.4 Å². The fourth-order valence-corrected chi connectivity index (χ4v) is 3.83. The average molecular weight is 364 g/mol. The maximum absolute atomic E-state index is 12.1. The molecule has 1 heterocycles. The molecule has 2 aromatic carbocycles. The SMILES string of the molecule is COc1cc(C2(C)C=NN(C)C(=O)C2)ccc1OC1Cc2ccccc2C1. The average Bonchev–Trinajstić information content (AvgIpc) is 3.07. The van der Waals surface area contributed by atoms with Gasteiger partial charge in [-0.2, -0.15) is 5.10 Å². The minimum Gasteiger partial charge on any atom is -0.493 e. The zero-order valence-corrected chi connectivity index (χ0v) is 15.9. The van der Waals surface area contributed by atoms with Crippen LogP contribution in [0.25, 0.3) is 0 Å². The number of ether oxygens (including phenoxy) is 2. The van der Waals surface area contributed by atoms with E-state index in [1.807, 2.05) is 31.3 Å². The second-order valence-corrected chi connectivity index (χ2v) is 7.54. The zero-order valence-electron chi connectivity index (χ0n) is 15.9. The van der Waals surface area contributed by atoms with E-state index in [-0.39, 0.29) is 12.0 Å². The number of carbonyl (C=O) groups is 1. The van der Waals surface area contributed by atoms with Crippen LogP contribution in [0.1, 0.15) is 30.0 Å². The molecule has 0 bridgehead atoms. The molecule has 5 nitrogen and oxygen atoms in total. The van der Waals surface area contributed by atoms with Crippen molar-refractivity contribution in [3.63, 3.8) is 0 Å². The highest BCUT2D eigenvalue weighted by molar-refractivity contribution is 5.89. The predicted octanol–water partition coefficient (Wildman–Crippen LogP) is 3.35. The third kappa shape index (κ3) is 3.29. The summed E-state index contributed by atoms with van der Waals surface area (Å²) in [6.07, 6.45) is 4.15. The van der Waals surface area contributed by atoms with Crippen molar-refractivity contribution in [1.82, 2.24) is 5.01 Å². The zero-order chi connectivity index (χ0) is 19.0. The van der Waals surface area contributed by atoms with Gasteiger partial charge in [0.15, 0.2) is 11.5 Å². The Balaban J connectivity index is 1.56. The van der Waals surface area contributed by atoms with Crippen molar-refractivity contribution >= 4 is 12.1 Å². The smallest absolute Gasteiger partial charge is 0.243 e. The van der Waals surface area contributed by atoms with Gasteiger partial charge in [0.25, 0.3) is 0 Å². The van der Waals surface area contributed by atoms with Gasteiger partial charge in [0.2, 0.25) is 5.91 Å². The lowest BCUT2D eigenvalue weighted by Gasteiger charge is -2.31. The van der Waals surface area contributed by atoms with E-state index < -0.39 is 5.41 Å². The van der Waals surface area contributed by atoms with Crippen molar-refractivity contribution in [2.24, 2.45) is 5.10 Å². The standard InChI is InChI=1S/C22H24N2O3/c1-22(13-21(25)24(2)23-14-22)17-8-9-19(20(12-17)26-3)27-18-10-15-6-4-5-7-16(15)11-18/h4-9,12,14,18H,10-11,13H2,1-3H3. The van der Waals surface area contributed by atoms with E-state index in [4.69, 9.17) is 9.47 Å². The maximum atomic E-state index is 12.1. The molecule has 0 saturated heterocycles. The van der Waals surface area contributed by atoms with E-state index in [0.29, 0.717) is 12.2 Å². The Labute approximate surface area is 159 Å². The highest BCUT2D eigenvalue weighted by Gasteiger charge is 2.34. The van der Waals surface area contributed by atoms with E-state index >= 15 is 0 Å². The lowest BCUT2D eigenvalue weighted by Crippen LogP contribution is -2.38. The molecule has 27 heavy (non-hydrogen) atoms. The number of rotatable bonds is 4. The molecule has 0 spiro atoms. The maximum Gasteiger partial charge on any atom is 0.243 e. The molecule has 1 aliphatic carbocycles. The minimum absolute atomic E-state index is 0.00279. The van der Waals surface area contributed by atoms with E-state index in [1.165, 1.54) is 16.1 Å². The number of carbonyl (C=O) groups excluding carboxylic acids is 1. The lowest BCUT2D eigenvalue weighted by molar-refractivity contribution is -0.131.